The Labute approximate surface area is 135 Å². The molecule has 1 saturated heterocycles. The molecule has 1 heterocycles. The number of morpholine rings is 1. The van der Waals surface area contributed by atoms with E-state index in [-0.39, 0.29) is 24.5 Å². The molecular formula is C16H21ClN2O3. The minimum Gasteiger partial charge on any atom is -0.365 e. The first-order valence-corrected chi connectivity index (χ1v) is 7.92. The summed E-state index contributed by atoms with van der Waals surface area (Å²) in [5, 5.41) is 3.44. The van der Waals surface area contributed by atoms with Crippen LogP contribution in [0.4, 0.5) is 5.69 Å². The largest absolute Gasteiger partial charge is 0.365 e. The van der Waals surface area contributed by atoms with E-state index in [1.165, 1.54) is 0 Å². The minimum absolute atomic E-state index is 0.0159. The van der Waals surface area contributed by atoms with E-state index in [0.717, 1.165) is 18.5 Å². The van der Waals surface area contributed by atoms with E-state index in [1.807, 2.05) is 19.1 Å². The molecule has 0 radical (unpaired) electrons. The molecule has 1 atom stereocenters. The highest BCUT2D eigenvalue weighted by molar-refractivity contribution is 6.30. The summed E-state index contributed by atoms with van der Waals surface area (Å²) in [5.41, 5.74) is 0.753. The molecule has 1 aromatic rings. The molecule has 120 valence electrons. The third-order valence-electron chi connectivity index (χ3n) is 3.53. The van der Waals surface area contributed by atoms with Gasteiger partial charge in [0, 0.05) is 23.7 Å². The van der Waals surface area contributed by atoms with Crippen LogP contribution in [0.25, 0.3) is 0 Å². The lowest BCUT2D eigenvalue weighted by Crippen LogP contribution is -2.50. The maximum absolute atomic E-state index is 12.0. The van der Waals surface area contributed by atoms with Gasteiger partial charge in [-0.05, 0) is 24.6 Å². The molecule has 0 bridgehead atoms. The molecule has 0 aliphatic carbocycles. The average molecular weight is 325 g/mol. The topological polar surface area (TPSA) is 58.6 Å². The van der Waals surface area contributed by atoms with Gasteiger partial charge < -0.3 is 15.0 Å². The van der Waals surface area contributed by atoms with Gasteiger partial charge in [0.05, 0.1) is 12.6 Å². The van der Waals surface area contributed by atoms with Crippen molar-refractivity contribution in [2.75, 3.05) is 24.6 Å². The predicted octanol–water partition coefficient (Wildman–Crippen LogP) is 2.38. The number of hydrogen-bond acceptors (Lipinski definition) is 3. The van der Waals surface area contributed by atoms with Crippen molar-refractivity contribution < 1.29 is 14.3 Å². The second-order valence-electron chi connectivity index (χ2n) is 5.32. The van der Waals surface area contributed by atoms with Crippen molar-refractivity contribution in [3.05, 3.63) is 29.3 Å². The molecule has 2 rings (SSSR count). The highest BCUT2D eigenvalue weighted by Crippen LogP contribution is 2.22. The fourth-order valence-corrected chi connectivity index (χ4v) is 2.48. The van der Waals surface area contributed by atoms with E-state index < -0.39 is 0 Å². The maximum atomic E-state index is 12.0. The molecule has 0 saturated carbocycles. The normalized spacial score (nSPS) is 18.4. The Kier molecular flexibility index (Phi) is 6.21. The lowest BCUT2D eigenvalue weighted by Gasteiger charge is -2.33. The predicted molar refractivity (Wildman–Crippen MR) is 86.1 cm³/mol. The number of rotatable bonds is 6. The molecular weight excluding hydrogens is 304 g/mol. The number of halogens is 1. The Hall–Kier alpha value is -1.59. The second kappa shape index (κ2) is 8.15. The summed E-state index contributed by atoms with van der Waals surface area (Å²) in [6, 6.07) is 7.16. The Morgan fingerprint density at radius 3 is 3.05 bits per heavy atom. The average Bonchev–Trinajstić information content (AvgIpc) is 2.52. The van der Waals surface area contributed by atoms with E-state index in [0.29, 0.717) is 24.5 Å². The molecule has 6 heteroatoms. The monoisotopic (exact) mass is 324 g/mol. The smallest absolute Gasteiger partial charge is 0.253 e. The van der Waals surface area contributed by atoms with Gasteiger partial charge in [0.2, 0.25) is 5.91 Å². The van der Waals surface area contributed by atoms with Gasteiger partial charge in [0.1, 0.15) is 6.61 Å². The number of hydrogen-bond donors (Lipinski definition) is 1. The van der Waals surface area contributed by atoms with Crippen LogP contribution in [0.1, 0.15) is 26.2 Å². The van der Waals surface area contributed by atoms with Crippen LogP contribution >= 0.6 is 11.6 Å². The number of carbonyl (C=O) groups is 2. The Morgan fingerprint density at radius 1 is 1.50 bits per heavy atom. The molecule has 2 amide bonds. The lowest BCUT2D eigenvalue weighted by molar-refractivity contribution is -0.129. The van der Waals surface area contributed by atoms with Crippen molar-refractivity contribution in [2.24, 2.45) is 0 Å². The number of carbonyl (C=O) groups excluding carboxylic acids is 2. The number of ether oxygens (including phenoxy) is 1. The number of amides is 2. The summed E-state index contributed by atoms with van der Waals surface area (Å²) >= 11 is 5.97. The minimum atomic E-state index is -0.206. The fraction of sp³-hybridized carbons (Fsp3) is 0.500. The van der Waals surface area contributed by atoms with Crippen LogP contribution < -0.4 is 10.2 Å². The van der Waals surface area contributed by atoms with E-state index in [1.54, 1.807) is 17.0 Å². The Balaban J connectivity index is 1.91. The van der Waals surface area contributed by atoms with Gasteiger partial charge in [-0.1, -0.05) is 31.0 Å². The number of nitrogens with one attached hydrogen (secondary N) is 1. The van der Waals surface area contributed by atoms with E-state index in [4.69, 9.17) is 16.3 Å². The molecule has 22 heavy (non-hydrogen) atoms. The van der Waals surface area contributed by atoms with Crippen LogP contribution in [-0.4, -0.2) is 37.6 Å². The zero-order chi connectivity index (χ0) is 15.9. The van der Waals surface area contributed by atoms with Crippen LogP contribution in [0.2, 0.25) is 5.02 Å². The highest BCUT2D eigenvalue weighted by atomic mass is 35.5. The summed E-state index contributed by atoms with van der Waals surface area (Å²) < 4.78 is 5.49. The molecule has 5 nitrogen and oxygen atoms in total. The summed E-state index contributed by atoms with van der Waals surface area (Å²) in [6.45, 7) is 2.88. The van der Waals surface area contributed by atoms with Crippen LogP contribution in [0.5, 0.6) is 0 Å². The van der Waals surface area contributed by atoms with Crippen LogP contribution in [-0.2, 0) is 14.3 Å². The van der Waals surface area contributed by atoms with E-state index in [9.17, 15) is 9.59 Å². The van der Waals surface area contributed by atoms with Crippen molar-refractivity contribution in [1.82, 2.24) is 5.32 Å². The number of benzene rings is 1. The van der Waals surface area contributed by atoms with Crippen LogP contribution in [0.3, 0.4) is 0 Å². The molecule has 1 aliphatic rings. The first-order valence-electron chi connectivity index (χ1n) is 7.54. The quantitative estimate of drug-likeness (QED) is 0.874. The number of nitrogens with zero attached hydrogens (tertiary/aromatic N) is 1. The third-order valence-corrected chi connectivity index (χ3v) is 3.77. The summed E-state index contributed by atoms with van der Waals surface area (Å²) in [4.78, 5) is 25.3. The molecule has 1 unspecified atom stereocenters. The zero-order valence-corrected chi connectivity index (χ0v) is 13.4. The second-order valence-corrected chi connectivity index (χ2v) is 5.76. The molecule has 1 aromatic carbocycles. The maximum Gasteiger partial charge on any atom is 0.253 e. The van der Waals surface area contributed by atoms with Crippen molar-refractivity contribution >= 4 is 29.1 Å². The Morgan fingerprint density at radius 2 is 2.32 bits per heavy atom. The van der Waals surface area contributed by atoms with Crippen LogP contribution in [0.15, 0.2) is 24.3 Å². The summed E-state index contributed by atoms with van der Waals surface area (Å²) in [5.74, 6) is -0.0764. The van der Waals surface area contributed by atoms with Crippen molar-refractivity contribution in [3.63, 3.8) is 0 Å². The summed E-state index contributed by atoms with van der Waals surface area (Å²) in [7, 11) is 0. The van der Waals surface area contributed by atoms with Crippen molar-refractivity contribution in [3.8, 4) is 0 Å². The number of anilines is 1. The zero-order valence-electron chi connectivity index (χ0n) is 12.7. The standard InChI is InChI=1S/C16H21ClN2O3/c1-2-3-7-15(20)18-9-14-10-19(16(21)11-22-14)13-6-4-5-12(17)8-13/h4-6,8,14H,2-3,7,9-11H2,1H3,(H,18,20). The van der Waals surface area contributed by atoms with Crippen molar-refractivity contribution in [1.29, 1.82) is 0 Å². The molecule has 1 N–H and O–H groups in total. The van der Waals surface area contributed by atoms with Gasteiger partial charge in [-0.2, -0.15) is 0 Å². The highest BCUT2D eigenvalue weighted by Gasteiger charge is 2.27. The SMILES string of the molecule is CCCCC(=O)NCC1CN(c2cccc(Cl)c2)C(=O)CO1. The van der Waals surface area contributed by atoms with E-state index >= 15 is 0 Å². The van der Waals surface area contributed by atoms with Gasteiger partial charge >= 0.3 is 0 Å². The van der Waals surface area contributed by atoms with Gasteiger partial charge in [-0.15, -0.1) is 0 Å². The first-order chi connectivity index (χ1) is 10.6. The van der Waals surface area contributed by atoms with Gasteiger partial charge in [-0.25, -0.2) is 0 Å². The van der Waals surface area contributed by atoms with Crippen LogP contribution in [0, 0.1) is 0 Å². The first kappa shape index (κ1) is 16.8. The molecule has 0 spiro atoms. The number of unbranched alkanes of at least 4 members (excludes halogenated alkanes) is 1. The molecule has 1 aliphatic heterocycles. The van der Waals surface area contributed by atoms with E-state index in [2.05, 4.69) is 5.32 Å². The fourth-order valence-electron chi connectivity index (χ4n) is 2.30. The lowest BCUT2D eigenvalue weighted by atomic mass is 10.2. The van der Waals surface area contributed by atoms with Gasteiger partial charge in [0.15, 0.2) is 0 Å². The summed E-state index contributed by atoms with van der Waals surface area (Å²) in [6.07, 6.45) is 2.19. The molecule has 0 aromatic heterocycles. The van der Waals surface area contributed by atoms with Crippen molar-refractivity contribution in [2.45, 2.75) is 32.3 Å². The van der Waals surface area contributed by atoms with Gasteiger partial charge in [-0.3, -0.25) is 9.59 Å². The van der Waals surface area contributed by atoms with Gasteiger partial charge in [0.25, 0.3) is 5.91 Å². The molecule has 1 fully saturated rings. The Bertz CT molecular complexity index is 536. The third kappa shape index (κ3) is 4.71.